The minimum Gasteiger partial charge on any atom is -0.490 e. The second-order valence-corrected chi connectivity index (χ2v) is 6.31. The predicted octanol–water partition coefficient (Wildman–Crippen LogP) is 3.62. The number of hydrogen-bond acceptors (Lipinski definition) is 5. The van der Waals surface area contributed by atoms with Crippen LogP contribution in [0.15, 0.2) is 53.7 Å². The van der Waals surface area contributed by atoms with Gasteiger partial charge in [0.1, 0.15) is 0 Å². The smallest absolute Gasteiger partial charge is 0.210 e. The van der Waals surface area contributed by atoms with E-state index < -0.39 is 0 Å². The van der Waals surface area contributed by atoms with Gasteiger partial charge in [-0.05, 0) is 24.3 Å². The quantitative estimate of drug-likeness (QED) is 0.411. The number of benzene rings is 2. The first kappa shape index (κ1) is 16.6. The van der Waals surface area contributed by atoms with Gasteiger partial charge in [-0.1, -0.05) is 47.6 Å². The fourth-order valence-corrected chi connectivity index (χ4v) is 2.91. The Hall–Kier alpha value is -2.25. The number of ether oxygens (including phenoxy) is 1. The zero-order chi connectivity index (χ0) is 16.9. The van der Waals surface area contributed by atoms with Gasteiger partial charge in [0.2, 0.25) is 5.16 Å². The van der Waals surface area contributed by atoms with Crippen LogP contribution < -0.4 is 10.6 Å². The monoisotopic (exact) mass is 364 g/mol. The molecule has 2 aromatic carbocycles. The Labute approximate surface area is 147 Å². The third kappa shape index (κ3) is 3.80. The summed E-state index contributed by atoms with van der Waals surface area (Å²) in [6.07, 6.45) is 0. The standard InChI is InChI=1S/C16H14ClFN4OS/c17-12-5-3-4-11(10-12)15-20-21-16(22(15)19)24-9-8-23-14-7-2-1-6-13(14)18/h1-7,10H,8-9,19H2. The van der Waals surface area contributed by atoms with Gasteiger partial charge in [0.15, 0.2) is 17.4 Å². The second kappa shape index (κ2) is 7.55. The third-order valence-electron chi connectivity index (χ3n) is 3.16. The van der Waals surface area contributed by atoms with E-state index in [0.29, 0.717) is 28.4 Å². The summed E-state index contributed by atoms with van der Waals surface area (Å²) in [5.41, 5.74) is 0.784. The van der Waals surface area contributed by atoms with Crippen LogP contribution in [0.5, 0.6) is 5.75 Å². The SMILES string of the molecule is Nn1c(SCCOc2ccccc2F)nnc1-c1cccc(Cl)c1. The van der Waals surface area contributed by atoms with E-state index >= 15 is 0 Å². The van der Waals surface area contributed by atoms with Gasteiger partial charge in [0.25, 0.3) is 0 Å². The molecule has 3 rings (SSSR count). The second-order valence-electron chi connectivity index (χ2n) is 4.81. The van der Waals surface area contributed by atoms with E-state index in [1.807, 2.05) is 12.1 Å². The molecular weight excluding hydrogens is 351 g/mol. The number of aromatic nitrogens is 3. The van der Waals surface area contributed by atoms with E-state index in [1.165, 1.54) is 22.5 Å². The van der Waals surface area contributed by atoms with Crippen molar-refractivity contribution >= 4 is 23.4 Å². The van der Waals surface area contributed by atoms with E-state index in [1.54, 1.807) is 30.3 Å². The largest absolute Gasteiger partial charge is 0.490 e. The Morgan fingerprint density at radius 3 is 2.79 bits per heavy atom. The Kier molecular flexibility index (Phi) is 5.22. The molecule has 0 radical (unpaired) electrons. The summed E-state index contributed by atoms with van der Waals surface area (Å²) < 4.78 is 20.2. The Morgan fingerprint density at radius 1 is 1.17 bits per heavy atom. The molecule has 0 aliphatic rings. The summed E-state index contributed by atoms with van der Waals surface area (Å²) in [6, 6.07) is 13.5. The number of nitrogens with two attached hydrogens (primary N) is 1. The molecule has 3 aromatic rings. The molecule has 0 bridgehead atoms. The Balaban J connectivity index is 1.60. The van der Waals surface area contributed by atoms with Crippen molar-refractivity contribution in [2.75, 3.05) is 18.2 Å². The number of halogens is 2. The van der Waals surface area contributed by atoms with Crippen molar-refractivity contribution in [1.29, 1.82) is 0 Å². The lowest BCUT2D eigenvalue weighted by Crippen LogP contribution is -2.12. The molecule has 0 aliphatic carbocycles. The Bertz CT molecular complexity index is 842. The molecule has 1 aromatic heterocycles. The van der Waals surface area contributed by atoms with E-state index in [-0.39, 0.29) is 11.6 Å². The molecule has 0 unspecified atom stereocenters. The molecule has 0 aliphatic heterocycles. The maximum Gasteiger partial charge on any atom is 0.210 e. The van der Waals surface area contributed by atoms with Crippen molar-refractivity contribution in [2.45, 2.75) is 5.16 Å². The van der Waals surface area contributed by atoms with Crippen molar-refractivity contribution < 1.29 is 9.13 Å². The van der Waals surface area contributed by atoms with Crippen LogP contribution in [-0.4, -0.2) is 27.2 Å². The lowest BCUT2D eigenvalue weighted by atomic mass is 10.2. The maximum absolute atomic E-state index is 13.4. The highest BCUT2D eigenvalue weighted by Crippen LogP contribution is 2.24. The number of nitrogen functional groups attached to an aromatic ring is 1. The highest BCUT2D eigenvalue weighted by molar-refractivity contribution is 7.99. The van der Waals surface area contributed by atoms with Crippen LogP contribution in [0.4, 0.5) is 4.39 Å². The summed E-state index contributed by atoms with van der Waals surface area (Å²) in [5, 5.41) is 9.29. The van der Waals surface area contributed by atoms with Gasteiger partial charge in [-0.15, -0.1) is 10.2 Å². The molecule has 0 saturated carbocycles. The highest BCUT2D eigenvalue weighted by atomic mass is 35.5. The van der Waals surface area contributed by atoms with Crippen LogP contribution in [0.2, 0.25) is 5.02 Å². The molecule has 5 nitrogen and oxygen atoms in total. The summed E-state index contributed by atoms with van der Waals surface area (Å²) in [6.45, 7) is 0.324. The van der Waals surface area contributed by atoms with Gasteiger partial charge >= 0.3 is 0 Å². The van der Waals surface area contributed by atoms with Gasteiger partial charge in [-0.25, -0.2) is 9.07 Å². The first-order valence-corrected chi connectivity index (χ1v) is 8.48. The molecule has 1 heterocycles. The van der Waals surface area contributed by atoms with Gasteiger partial charge in [-0.2, -0.15) is 0 Å². The number of thioether (sulfide) groups is 1. The van der Waals surface area contributed by atoms with Crippen LogP contribution in [-0.2, 0) is 0 Å². The number of nitrogens with zero attached hydrogens (tertiary/aromatic N) is 3. The zero-order valence-corrected chi connectivity index (χ0v) is 14.1. The molecule has 2 N–H and O–H groups in total. The van der Waals surface area contributed by atoms with Gasteiger partial charge in [0.05, 0.1) is 6.61 Å². The number of rotatable bonds is 6. The van der Waals surface area contributed by atoms with Crippen molar-refractivity contribution in [3.63, 3.8) is 0 Å². The molecule has 0 fully saturated rings. The van der Waals surface area contributed by atoms with Gasteiger partial charge < -0.3 is 10.6 Å². The summed E-state index contributed by atoms with van der Waals surface area (Å²) in [5.74, 6) is 6.95. The van der Waals surface area contributed by atoms with Crippen LogP contribution >= 0.6 is 23.4 Å². The number of hydrogen-bond donors (Lipinski definition) is 1. The zero-order valence-electron chi connectivity index (χ0n) is 12.5. The van der Waals surface area contributed by atoms with E-state index in [4.69, 9.17) is 22.2 Å². The fraction of sp³-hybridized carbons (Fsp3) is 0.125. The molecule has 124 valence electrons. The lowest BCUT2D eigenvalue weighted by molar-refractivity contribution is 0.325. The van der Waals surface area contributed by atoms with Crippen molar-refractivity contribution in [2.24, 2.45) is 0 Å². The van der Waals surface area contributed by atoms with Crippen LogP contribution in [0.25, 0.3) is 11.4 Å². The van der Waals surface area contributed by atoms with Gasteiger partial charge in [-0.3, -0.25) is 0 Å². The average Bonchev–Trinajstić information content (AvgIpc) is 2.94. The van der Waals surface area contributed by atoms with Crippen LogP contribution in [0, 0.1) is 5.82 Å². The van der Waals surface area contributed by atoms with Crippen LogP contribution in [0.1, 0.15) is 0 Å². The average molecular weight is 365 g/mol. The summed E-state index contributed by atoms with van der Waals surface area (Å²) >= 11 is 7.35. The molecule has 24 heavy (non-hydrogen) atoms. The minimum atomic E-state index is -0.382. The summed E-state index contributed by atoms with van der Waals surface area (Å²) in [7, 11) is 0. The van der Waals surface area contributed by atoms with Crippen molar-refractivity contribution in [1.82, 2.24) is 14.9 Å². The van der Waals surface area contributed by atoms with Crippen molar-refractivity contribution in [3.8, 4) is 17.1 Å². The minimum absolute atomic E-state index is 0.229. The molecule has 8 heteroatoms. The number of para-hydroxylation sites is 1. The Morgan fingerprint density at radius 2 is 2.00 bits per heavy atom. The van der Waals surface area contributed by atoms with E-state index in [9.17, 15) is 4.39 Å². The fourth-order valence-electron chi connectivity index (χ4n) is 2.05. The molecule has 0 atom stereocenters. The molecule has 0 spiro atoms. The summed E-state index contributed by atoms with van der Waals surface area (Å²) in [4.78, 5) is 0. The molecule has 0 saturated heterocycles. The topological polar surface area (TPSA) is 66.0 Å². The third-order valence-corrected chi connectivity index (χ3v) is 4.30. The maximum atomic E-state index is 13.4. The van der Waals surface area contributed by atoms with E-state index in [2.05, 4.69) is 10.2 Å². The first-order valence-electron chi connectivity index (χ1n) is 7.11. The van der Waals surface area contributed by atoms with Crippen LogP contribution in [0.3, 0.4) is 0 Å². The lowest BCUT2D eigenvalue weighted by Gasteiger charge is -2.07. The van der Waals surface area contributed by atoms with Gasteiger partial charge in [0, 0.05) is 16.3 Å². The first-order chi connectivity index (χ1) is 11.6. The molecular formula is C16H14ClFN4OS. The normalized spacial score (nSPS) is 10.8. The van der Waals surface area contributed by atoms with E-state index in [0.717, 1.165) is 5.56 Å². The predicted molar refractivity (Wildman–Crippen MR) is 93.2 cm³/mol. The highest BCUT2D eigenvalue weighted by Gasteiger charge is 2.12. The van der Waals surface area contributed by atoms with Crippen molar-refractivity contribution in [3.05, 3.63) is 59.4 Å². The molecule has 0 amide bonds.